The Labute approximate surface area is 297 Å². The van der Waals surface area contributed by atoms with Gasteiger partial charge in [-0.3, -0.25) is 0 Å². The van der Waals surface area contributed by atoms with Crippen molar-refractivity contribution in [1.29, 1.82) is 0 Å². The zero-order valence-corrected chi connectivity index (χ0v) is 32.4. The normalized spacial score (nSPS) is 15.0. The van der Waals surface area contributed by atoms with Crippen LogP contribution in [-0.2, 0) is 30.4 Å². The van der Waals surface area contributed by atoms with Crippen molar-refractivity contribution in [2.75, 3.05) is 28.4 Å². The summed E-state index contributed by atoms with van der Waals surface area (Å²) in [6.07, 6.45) is 5.24. The second-order valence-corrected chi connectivity index (χ2v) is 14.5. The maximum absolute atomic E-state index is 5.77. The molecular weight excluding hydrogens is 968 g/mol. The van der Waals surface area contributed by atoms with Gasteiger partial charge < -0.3 is 18.9 Å². The van der Waals surface area contributed by atoms with Crippen molar-refractivity contribution in [1.82, 2.24) is 0 Å². The highest BCUT2D eigenvalue weighted by atomic mass is 127. The van der Waals surface area contributed by atoms with Crippen LogP contribution in [0.25, 0.3) is 0 Å². The van der Waals surface area contributed by atoms with Gasteiger partial charge in [-0.05, 0) is 210 Å². The molecule has 0 radical (unpaired) electrons. The van der Waals surface area contributed by atoms with E-state index in [9.17, 15) is 0 Å². The van der Waals surface area contributed by atoms with E-state index < -0.39 is 0 Å². The van der Waals surface area contributed by atoms with E-state index in [0.717, 1.165) is 68.6 Å². The Hall–Kier alpha value is -1.00. The van der Waals surface area contributed by atoms with E-state index in [-0.39, 0.29) is 0 Å². The van der Waals surface area contributed by atoms with Crippen LogP contribution < -0.4 is 14.2 Å². The van der Waals surface area contributed by atoms with Gasteiger partial charge in [0.1, 0.15) is 23.0 Å². The summed E-state index contributed by atoms with van der Waals surface area (Å²) in [7, 11) is 6.92. The molecule has 0 unspecified atom stereocenters. The predicted octanol–water partition coefficient (Wildman–Crippen LogP) is 9.60. The number of hydrogen-bond acceptors (Lipinski definition) is 4. The minimum Gasteiger partial charge on any atom is -0.500 e. The van der Waals surface area contributed by atoms with Crippen molar-refractivity contribution in [3.05, 3.63) is 114 Å². The highest BCUT2D eigenvalue weighted by Gasteiger charge is 2.20. The fraction of sp³-hybridized carbons (Fsp3) is 0.273. The fourth-order valence-electron chi connectivity index (χ4n) is 4.96. The summed E-state index contributed by atoms with van der Waals surface area (Å²) < 4.78 is 27.2. The molecule has 8 heteroatoms. The first-order valence-electron chi connectivity index (χ1n) is 12.9. The molecule has 0 spiro atoms. The molecule has 0 fully saturated rings. The molecule has 0 atom stereocenters. The smallest absolute Gasteiger partial charge is 0.132 e. The minimum absolute atomic E-state index is 0.727. The molecule has 4 rings (SSSR count). The molecule has 3 aromatic carbocycles. The molecular formula is C33H32I4O4. The van der Waals surface area contributed by atoms with Crippen molar-refractivity contribution in [2.24, 2.45) is 0 Å². The van der Waals surface area contributed by atoms with Gasteiger partial charge in [0.25, 0.3) is 0 Å². The molecule has 4 nitrogen and oxygen atoms in total. The van der Waals surface area contributed by atoms with E-state index in [4.69, 9.17) is 18.9 Å². The van der Waals surface area contributed by atoms with Crippen LogP contribution in [0.3, 0.4) is 0 Å². The zero-order valence-electron chi connectivity index (χ0n) is 23.7. The van der Waals surface area contributed by atoms with E-state index in [0.29, 0.717) is 0 Å². The average molecular weight is 1000 g/mol. The molecule has 1 aliphatic carbocycles. The lowest BCUT2D eigenvalue weighted by molar-refractivity contribution is 0.293. The van der Waals surface area contributed by atoms with Gasteiger partial charge in [0.05, 0.1) is 42.7 Å². The molecule has 0 N–H and O–H groups in total. The number of hydrogen-bond donors (Lipinski definition) is 0. The first-order chi connectivity index (χ1) is 19.6. The fourth-order valence-corrected chi connectivity index (χ4v) is 7.81. The van der Waals surface area contributed by atoms with Crippen LogP contribution in [0, 0.1) is 10.7 Å². The lowest BCUT2D eigenvalue weighted by Gasteiger charge is -2.22. The average Bonchev–Trinajstić information content (AvgIpc) is 2.95. The summed E-state index contributed by atoms with van der Waals surface area (Å²) in [5, 5.41) is 0. The van der Waals surface area contributed by atoms with Crippen LogP contribution in [0.1, 0.15) is 40.3 Å². The van der Waals surface area contributed by atoms with Gasteiger partial charge in [-0.15, -0.1) is 0 Å². The Morgan fingerprint density at radius 1 is 0.634 bits per heavy atom. The second kappa shape index (κ2) is 14.7. The van der Waals surface area contributed by atoms with Crippen molar-refractivity contribution in [3.8, 4) is 17.2 Å². The number of methoxy groups -OCH3 is 4. The van der Waals surface area contributed by atoms with Gasteiger partial charge in [0, 0.05) is 0 Å². The second-order valence-electron chi connectivity index (χ2n) is 9.85. The summed E-state index contributed by atoms with van der Waals surface area (Å²) >= 11 is 9.47. The van der Waals surface area contributed by atoms with Crippen LogP contribution in [0.2, 0.25) is 0 Å². The number of rotatable bonds is 5. The van der Waals surface area contributed by atoms with Crippen LogP contribution >= 0.6 is 90.4 Å². The molecule has 0 saturated carbocycles. The Balaban J connectivity index is 2.02. The SMILES string of the molecule is C=C1Cc2cc(I)c(OC)cc2Cc2cc(I)c(OC)cc2Cc2cc(I)c(OC)cc2C/C1=C/C(I)=C(\C)OC. The topological polar surface area (TPSA) is 36.9 Å². The van der Waals surface area contributed by atoms with Crippen molar-refractivity contribution in [2.45, 2.75) is 32.6 Å². The van der Waals surface area contributed by atoms with E-state index in [2.05, 4.69) is 139 Å². The summed E-state index contributed by atoms with van der Waals surface area (Å²) in [5.74, 6) is 3.55. The van der Waals surface area contributed by atoms with Crippen LogP contribution in [0.15, 0.2) is 69.5 Å². The van der Waals surface area contributed by atoms with Crippen molar-refractivity contribution in [3.63, 3.8) is 0 Å². The maximum Gasteiger partial charge on any atom is 0.132 e. The van der Waals surface area contributed by atoms with Crippen LogP contribution in [0.5, 0.6) is 17.2 Å². The minimum atomic E-state index is 0.727. The first kappa shape index (κ1) is 32.9. The third-order valence-corrected chi connectivity index (χ3v) is 11.0. The molecule has 0 amide bonds. The molecule has 0 bridgehead atoms. The Bertz CT molecular complexity index is 1560. The van der Waals surface area contributed by atoms with E-state index >= 15 is 0 Å². The third-order valence-electron chi connectivity index (χ3n) is 7.37. The summed E-state index contributed by atoms with van der Waals surface area (Å²) in [5.41, 5.74) is 9.78. The van der Waals surface area contributed by atoms with Crippen LogP contribution in [0.4, 0.5) is 0 Å². The van der Waals surface area contributed by atoms with Gasteiger partial charge in [0.2, 0.25) is 0 Å². The first-order valence-corrected chi connectivity index (χ1v) is 17.2. The highest BCUT2D eigenvalue weighted by molar-refractivity contribution is 14.1. The number of fused-ring (bicyclic) bond motifs is 3. The molecule has 0 aliphatic heterocycles. The summed E-state index contributed by atoms with van der Waals surface area (Å²) in [4.78, 5) is 0. The van der Waals surface area contributed by atoms with Crippen molar-refractivity contribution < 1.29 is 18.9 Å². The quantitative estimate of drug-likeness (QED) is 0.189. The number of benzene rings is 3. The van der Waals surface area contributed by atoms with Gasteiger partial charge in [-0.2, -0.15) is 0 Å². The largest absolute Gasteiger partial charge is 0.500 e. The summed E-state index contributed by atoms with van der Waals surface area (Å²) in [6.45, 7) is 6.62. The Morgan fingerprint density at radius 3 is 1.39 bits per heavy atom. The maximum atomic E-state index is 5.77. The molecule has 1 aliphatic rings. The predicted molar refractivity (Wildman–Crippen MR) is 201 cm³/mol. The van der Waals surface area contributed by atoms with Gasteiger partial charge in [-0.1, -0.05) is 6.58 Å². The molecule has 0 saturated heterocycles. The van der Waals surface area contributed by atoms with E-state index in [1.807, 2.05) is 6.92 Å². The van der Waals surface area contributed by atoms with Gasteiger partial charge >= 0.3 is 0 Å². The standard InChI is InChI=1S/C33H32I4O4/c1-18-7-21-12-28(35)32(40-5)16-25(21)9-23-14-30(37)33(41-6)17-26(23)10-22-13-29(36)31(39-4)15-24(22)8-20(18)11-27(34)19(2)38-3/h11-17H,1,7-10H2,2-6H3/b20-11-,27-19-. The van der Waals surface area contributed by atoms with Gasteiger partial charge in [0.15, 0.2) is 0 Å². The molecule has 41 heavy (non-hydrogen) atoms. The third kappa shape index (κ3) is 7.75. The van der Waals surface area contributed by atoms with Crippen LogP contribution in [-0.4, -0.2) is 28.4 Å². The molecule has 0 aromatic heterocycles. The van der Waals surface area contributed by atoms with E-state index in [1.54, 1.807) is 28.4 Å². The lowest BCUT2D eigenvalue weighted by atomic mass is 9.85. The van der Waals surface area contributed by atoms with E-state index in [1.165, 1.54) is 39.0 Å². The number of ether oxygens (including phenoxy) is 4. The number of allylic oxidation sites excluding steroid dienone is 5. The molecule has 216 valence electrons. The Morgan fingerprint density at radius 2 is 1.00 bits per heavy atom. The Kier molecular flexibility index (Phi) is 11.8. The zero-order chi connectivity index (χ0) is 29.8. The van der Waals surface area contributed by atoms with Crippen molar-refractivity contribution >= 4 is 90.4 Å². The summed E-state index contributed by atoms with van der Waals surface area (Å²) in [6, 6.07) is 13.4. The number of halogens is 4. The lowest BCUT2D eigenvalue weighted by Crippen LogP contribution is -2.09. The molecule has 3 aromatic rings. The van der Waals surface area contributed by atoms with Gasteiger partial charge in [-0.25, -0.2) is 0 Å². The highest BCUT2D eigenvalue weighted by Crippen LogP contribution is 2.37. The molecule has 0 heterocycles. The monoisotopic (exact) mass is 1000 g/mol.